The quantitative estimate of drug-likeness (QED) is 0.690. The molecule has 0 amide bonds. The molecule has 1 saturated carbocycles. The predicted molar refractivity (Wildman–Crippen MR) is 87.3 cm³/mol. The van der Waals surface area contributed by atoms with Crippen LogP contribution in [0.4, 0.5) is 0 Å². The summed E-state index contributed by atoms with van der Waals surface area (Å²) in [6.07, 6.45) is 9.84. The largest absolute Gasteiger partial charge is 0.315 e. The van der Waals surface area contributed by atoms with E-state index in [1.54, 1.807) is 0 Å². The van der Waals surface area contributed by atoms with Crippen molar-refractivity contribution in [2.24, 2.45) is 0 Å². The third-order valence-electron chi connectivity index (χ3n) is 5.21. The maximum atomic E-state index is 3.63. The molecule has 0 aromatic heterocycles. The predicted octanol–water partition coefficient (Wildman–Crippen LogP) is 2.71. The van der Waals surface area contributed by atoms with Crippen LogP contribution in [0.15, 0.2) is 0 Å². The molecule has 1 aliphatic carbocycles. The Balaban J connectivity index is 1.57. The lowest BCUT2D eigenvalue weighted by atomic mass is 10.1. The van der Waals surface area contributed by atoms with Gasteiger partial charge in [-0.1, -0.05) is 32.6 Å². The molecule has 1 N–H and O–H groups in total. The minimum absolute atomic E-state index is 0.697. The van der Waals surface area contributed by atoms with Crippen LogP contribution in [0.1, 0.15) is 58.8 Å². The van der Waals surface area contributed by atoms with Gasteiger partial charge in [0.05, 0.1) is 0 Å². The third kappa shape index (κ3) is 5.01. The van der Waals surface area contributed by atoms with Crippen molar-refractivity contribution in [3.8, 4) is 0 Å². The number of piperazine rings is 1. The lowest BCUT2D eigenvalue weighted by Gasteiger charge is -2.40. The minimum atomic E-state index is 0.697. The molecule has 3 heteroatoms. The van der Waals surface area contributed by atoms with Gasteiger partial charge in [-0.15, -0.1) is 0 Å². The van der Waals surface area contributed by atoms with Crippen molar-refractivity contribution >= 4 is 0 Å². The van der Waals surface area contributed by atoms with Gasteiger partial charge in [0.1, 0.15) is 0 Å². The molecule has 118 valence electrons. The number of nitrogens with one attached hydrogen (secondary N) is 1. The van der Waals surface area contributed by atoms with Gasteiger partial charge >= 0.3 is 0 Å². The van der Waals surface area contributed by atoms with Crippen LogP contribution in [-0.2, 0) is 0 Å². The van der Waals surface area contributed by atoms with E-state index >= 15 is 0 Å². The van der Waals surface area contributed by atoms with Crippen LogP contribution in [0.2, 0.25) is 0 Å². The zero-order chi connectivity index (χ0) is 14.2. The summed E-state index contributed by atoms with van der Waals surface area (Å²) in [4.78, 5) is 5.43. The molecule has 1 aliphatic heterocycles. The van der Waals surface area contributed by atoms with Crippen molar-refractivity contribution in [2.75, 3.05) is 39.3 Å². The molecule has 20 heavy (non-hydrogen) atoms. The van der Waals surface area contributed by atoms with Crippen molar-refractivity contribution in [1.29, 1.82) is 0 Å². The smallest absolute Gasteiger partial charge is 0.0193 e. The lowest BCUT2D eigenvalue weighted by molar-refractivity contribution is 0.0750. The molecule has 0 aromatic carbocycles. The Morgan fingerprint density at radius 2 is 1.75 bits per heavy atom. The van der Waals surface area contributed by atoms with Gasteiger partial charge in [0, 0.05) is 44.8 Å². The standard InChI is InChI=1S/C17H35N3/c1-3-4-7-10-18-15-16(2)19-11-13-20(14-12-19)17-8-5-6-9-17/h16-18H,3-15H2,1-2H3. The number of unbranched alkanes of at least 4 members (excludes halogenated alkanes) is 2. The molecule has 0 spiro atoms. The summed E-state index contributed by atoms with van der Waals surface area (Å²) in [5.74, 6) is 0. The van der Waals surface area contributed by atoms with E-state index in [0.717, 1.165) is 12.6 Å². The molecule has 2 rings (SSSR count). The van der Waals surface area contributed by atoms with Crippen LogP contribution in [0.5, 0.6) is 0 Å². The van der Waals surface area contributed by atoms with E-state index in [1.165, 1.54) is 77.7 Å². The highest BCUT2D eigenvalue weighted by molar-refractivity contribution is 4.83. The summed E-state index contributed by atoms with van der Waals surface area (Å²) in [7, 11) is 0. The van der Waals surface area contributed by atoms with Crippen LogP contribution in [0.25, 0.3) is 0 Å². The Morgan fingerprint density at radius 3 is 2.40 bits per heavy atom. The van der Waals surface area contributed by atoms with Crippen molar-refractivity contribution in [1.82, 2.24) is 15.1 Å². The second kappa shape index (κ2) is 9.01. The second-order valence-corrected chi connectivity index (χ2v) is 6.77. The van der Waals surface area contributed by atoms with Gasteiger partial charge in [-0.3, -0.25) is 9.80 Å². The average molecular weight is 281 g/mol. The third-order valence-corrected chi connectivity index (χ3v) is 5.21. The highest BCUT2D eigenvalue weighted by atomic mass is 15.3. The van der Waals surface area contributed by atoms with Gasteiger partial charge in [-0.2, -0.15) is 0 Å². The first-order valence-electron chi connectivity index (χ1n) is 9.00. The first-order valence-corrected chi connectivity index (χ1v) is 9.00. The summed E-state index contributed by atoms with van der Waals surface area (Å²) in [5.41, 5.74) is 0. The molecule has 1 atom stereocenters. The van der Waals surface area contributed by atoms with E-state index in [2.05, 4.69) is 29.0 Å². The van der Waals surface area contributed by atoms with Crippen molar-refractivity contribution < 1.29 is 0 Å². The van der Waals surface area contributed by atoms with Gasteiger partial charge in [-0.25, -0.2) is 0 Å². The Labute approximate surface area is 126 Å². The Hall–Kier alpha value is -0.120. The van der Waals surface area contributed by atoms with Gasteiger partial charge in [0.15, 0.2) is 0 Å². The molecular weight excluding hydrogens is 246 g/mol. The van der Waals surface area contributed by atoms with Gasteiger partial charge in [-0.05, 0) is 32.7 Å². The Bertz CT molecular complexity index is 243. The molecule has 1 saturated heterocycles. The monoisotopic (exact) mass is 281 g/mol. The minimum Gasteiger partial charge on any atom is -0.315 e. The molecule has 0 aromatic rings. The second-order valence-electron chi connectivity index (χ2n) is 6.77. The molecule has 1 heterocycles. The van der Waals surface area contributed by atoms with Gasteiger partial charge < -0.3 is 5.32 Å². The lowest BCUT2D eigenvalue weighted by Crippen LogP contribution is -2.53. The topological polar surface area (TPSA) is 18.5 Å². The molecule has 2 aliphatic rings. The summed E-state index contributed by atoms with van der Waals surface area (Å²) < 4.78 is 0. The number of hydrogen-bond acceptors (Lipinski definition) is 3. The summed E-state index contributed by atoms with van der Waals surface area (Å²) in [6.45, 7) is 12.1. The highest BCUT2D eigenvalue weighted by Gasteiger charge is 2.27. The van der Waals surface area contributed by atoms with Crippen LogP contribution in [0.3, 0.4) is 0 Å². The Kier molecular flexibility index (Phi) is 7.32. The van der Waals surface area contributed by atoms with Crippen LogP contribution in [0, 0.1) is 0 Å². The van der Waals surface area contributed by atoms with Crippen LogP contribution < -0.4 is 5.32 Å². The zero-order valence-electron chi connectivity index (χ0n) is 13.7. The van der Waals surface area contributed by atoms with E-state index in [-0.39, 0.29) is 0 Å². The molecule has 0 bridgehead atoms. The summed E-state index contributed by atoms with van der Waals surface area (Å²) in [6, 6.07) is 1.61. The Morgan fingerprint density at radius 1 is 1.05 bits per heavy atom. The maximum Gasteiger partial charge on any atom is 0.0193 e. The van der Waals surface area contributed by atoms with E-state index in [9.17, 15) is 0 Å². The van der Waals surface area contributed by atoms with Gasteiger partial charge in [0.25, 0.3) is 0 Å². The number of hydrogen-bond donors (Lipinski definition) is 1. The van der Waals surface area contributed by atoms with Crippen molar-refractivity contribution in [3.63, 3.8) is 0 Å². The fourth-order valence-corrected chi connectivity index (χ4v) is 3.75. The average Bonchev–Trinajstić information content (AvgIpc) is 3.01. The number of rotatable bonds is 8. The van der Waals surface area contributed by atoms with Crippen molar-refractivity contribution in [3.05, 3.63) is 0 Å². The first kappa shape index (κ1) is 16.3. The summed E-state index contributed by atoms with van der Waals surface area (Å²) >= 11 is 0. The van der Waals surface area contributed by atoms with E-state index in [1.807, 2.05) is 0 Å². The SMILES string of the molecule is CCCCCNCC(C)N1CCN(C2CCCC2)CC1. The van der Waals surface area contributed by atoms with E-state index in [4.69, 9.17) is 0 Å². The first-order chi connectivity index (χ1) is 9.81. The summed E-state index contributed by atoms with van der Waals surface area (Å²) in [5, 5.41) is 3.63. The molecule has 3 nitrogen and oxygen atoms in total. The molecule has 1 unspecified atom stereocenters. The fraction of sp³-hybridized carbons (Fsp3) is 1.00. The molecular formula is C17H35N3. The van der Waals surface area contributed by atoms with Crippen molar-refractivity contribution in [2.45, 2.75) is 70.9 Å². The van der Waals surface area contributed by atoms with Gasteiger partial charge in [0.2, 0.25) is 0 Å². The molecule has 0 radical (unpaired) electrons. The fourth-order valence-electron chi connectivity index (χ4n) is 3.75. The number of nitrogens with zero attached hydrogens (tertiary/aromatic N) is 2. The normalized spacial score (nSPS) is 24.3. The zero-order valence-corrected chi connectivity index (χ0v) is 13.7. The maximum absolute atomic E-state index is 3.63. The van der Waals surface area contributed by atoms with Crippen LogP contribution in [-0.4, -0.2) is 61.2 Å². The highest BCUT2D eigenvalue weighted by Crippen LogP contribution is 2.24. The van der Waals surface area contributed by atoms with Crippen LogP contribution >= 0.6 is 0 Å². The van der Waals surface area contributed by atoms with E-state index < -0.39 is 0 Å². The molecule has 2 fully saturated rings. The van der Waals surface area contributed by atoms with E-state index in [0.29, 0.717) is 6.04 Å².